The van der Waals surface area contributed by atoms with Gasteiger partial charge in [-0.2, -0.15) is 0 Å². The molecule has 0 aliphatic carbocycles. The number of hydrogen-bond acceptors (Lipinski definition) is 11. The fourth-order valence-electron chi connectivity index (χ4n) is 4.99. The number of primary amides is 1. The third-order valence-electron chi connectivity index (χ3n) is 7.91. The molecule has 0 aromatic carbocycles. The lowest BCUT2D eigenvalue weighted by Gasteiger charge is -2.26. The van der Waals surface area contributed by atoms with Gasteiger partial charge in [0.1, 0.15) is 36.3 Å². The number of nitrogens with one attached hydrogen (secondary N) is 6. The van der Waals surface area contributed by atoms with E-state index in [1.54, 1.807) is 0 Å². The van der Waals surface area contributed by atoms with Crippen LogP contribution in [-0.2, 0) is 33.6 Å². The molecule has 26 heteroatoms. The minimum Gasteiger partial charge on any atom is -0.370 e. The summed E-state index contributed by atoms with van der Waals surface area (Å²) in [4.78, 5) is 106. The van der Waals surface area contributed by atoms with Crippen LogP contribution < -0.4 is 83.5 Å². The highest BCUT2D eigenvalue weighted by Crippen LogP contribution is 2.07. The molecule has 328 valence electrons. The Labute approximate surface area is 336 Å². The summed E-state index contributed by atoms with van der Waals surface area (Å²) in [7, 11) is 0. The fourth-order valence-corrected chi connectivity index (χ4v) is 4.99. The molecule has 0 radical (unpaired) electrons. The molecule has 7 amide bonds. The van der Waals surface area contributed by atoms with Gasteiger partial charge in [0.2, 0.25) is 41.4 Å². The first-order valence-electron chi connectivity index (χ1n) is 18.4. The molecule has 0 rings (SSSR count). The Balaban J connectivity index is 6.34. The van der Waals surface area contributed by atoms with Crippen molar-refractivity contribution in [3.63, 3.8) is 0 Å². The molecule has 6 atom stereocenters. The van der Waals surface area contributed by atoms with Crippen molar-refractivity contribution < 1.29 is 33.6 Å². The topological polar surface area (TPSA) is 475 Å². The van der Waals surface area contributed by atoms with E-state index in [1.165, 1.54) is 20.8 Å². The van der Waals surface area contributed by atoms with Gasteiger partial charge >= 0.3 is 0 Å². The molecule has 0 saturated heterocycles. The smallest absolute Gasteiger partial charge is 0.243 e. The van der Waals surface area contributed by atoms with Crippen LogP contribution in [0.15, 0.2) is 20.0 Å². The number of guanidine groups is 4. The summed E-state index contributed by atoms with van der Waals surface area (Å²) in [6.07, 6.45) is 0.965. The van der Waals surface area contributed by atoms with E-state index in [9.17, 15) is 33.6 Å². The van der Waals surface area contributed by atoms with Gasteiger partial charge in [0.05, 0.1) is 0 Å². The van der Waals surface area contributed by atoms with Crippen molar-refractivity contribution in [2.24, 2.45) is 71.6 Å². The first-order valence-corrected chi connectivity index (χ1v) is 18.4. The van der Waals surface area contributed by atoms with Crippen LogP contribution >= 0.6 is 0 Å². The summed E-state index contributed by atoms with van der Waals surface area (Å²) in [6.45, 7) is 4.43. The van der Waals surface area contributed by atoms with Crippen LogP contribution in [0.4, 0.5) is 0 Å². The van der Waals surface area contributed by atoms with Crippen LogP contribution in [0.5, 0.6) is 0 Å². The minimum atomic E-state index is -1.31. The van der Waals surface area contributed by atoms with E-state index in [-0.39, 0.29) is 95.0 Å². The summed E-state index contributed by atoms with van der Waals surface area (Å²) >= 11 is 0. The molecule has 0 aromatic heterocycles. The number of hydrogen-bond donors (Lipinski definition) is 15. The summed E-state index contributed by atoms with van der Waals surface area (Å²) in [5.74, 6) is -5.87. The lowest BCUT2D eigenvalue weighted by molar-refractivity contribution is -0.135. The van der Waals surface area contributed by atoms with Crippen molar-refractivity contribution in [1.29, 1.82) is 0 Å². The van der Waals surface area contributed by atoms with Gasteiger partial charge in [-0.1, -0.05) is 0 Å². The van der Waals surface area contributed by atoms with E-state index in [1.807, 2.05) is 0 Å². The van der Waals surface area contributed by atoms with E-state index in [0.717, 1.165) is 0 Å². The van der Waals surface area contributed by atoms with Gasteiger partial charge < -0.3 is 83.5 Å². The molecule has 0 spiro atoms. The van der Waals surface area contributed by atoms with Crippen molar-refractivity contribution in [3.05, 3.63) is 0 Å². The number of aliphatic imine (C=N–C) groups is 4. The largest absolute Gasteiger partial charge is 0.370 e. The molecule has 0 aliphatic rings. The van der Waals surface area contributed by atoms with Crippen LogP contribution in [0.2, 0.25) is 0 Å². The van der Waals surface area contributed by atoms with Crippen molar-refractivity contribution in [1.82, 2.24) is 31.9 Å². The maximum absolute atomic E-state index is 13.9. The van der Waals surface area contributed by atoms with Crippen LogP contribution in [0, 0.1) is 0 Å². The number of amides is 7. The zero-order valence-corrected chi connectivity index (χ0v) is 33.3. The lowest BCUT2D eigenvalue weighted by Crippen LogP contribution is -2.59. The summed E-state index contributed by atoms with van der Waals surface area (Å²) in [6, 6.07) is -7.16. The highest BCUT2D eigenvalue weighted by atomic mass is 16.2. The fraction of sp³-hybridized carbons (Fsp3) is 0.656. The predicted molar refractivity (Wildman–Crippen MR) is 217 cm³/mol. The number of carbonyl (C=O) groups is 7. The Bertz CT molecular complexity index is 1500. The SMILES string of the molecule is CC(=O)N[C@H](C)C(=O)N[C@H](CCCN=C(N)N)C(=O)N[C@H](CCCN=C(N)N)C(=O)N[C@H](CCCN=C(N)N)C(=O)N[C@H](C)C(=O)N[C@H](CCCN=C(N)N)C(N)=O. The normalized spacial score (nSPS) is 13.6. The van der Waals surface area contributed by atoms with Crippen LogP contribution in [0.1, 0.15) is 72.1 Å². The average Bonchev–Trinajstić information content (AvgIpc) is 3.11. The molecule has 0 aromatic rings. The van der Waals surface area contributed by atoms with Crippen LogP contribution in [-0.4, -0.2) is 128 Å². The Morgan fingerprint density at radius 3 is 0.948 bits per heavy atom. The van der Waals surface area contributed by atoms with Crippen molar-refractivity contribution in [2.45, 2.75) is 108 Å². The maximum Gasteiger partial charge on any atom is 0.243 e. The second kappa shape index (κ2) is 27.9. The van der Waals surface area contributed by atoms with Gasteiger partial charge in [0.15, 0.2) is 23.8 Å². The van der Waals surface area contributed by atoms with Gasteiger partial charge in [-0.3, -0.25) is 53.5 Å². The van der Waals surface area contributed by atoms with Crippen molar-refractivity contribution in [2.75, 3.05) is 26.2 Å². The van der Waals surface area contributed by atoms with Gasteiger partial charge in [-0.25, -0.2) is 0 Å². The molecule has 0 unspecified atom stereocenters. The van der Waals surface area contributed by atoms with Crippen molar-refractivity contribution in [3.8, 4) is 0 Å². The summed E-state index contributed by atoms with van der Waals surface area (Å²) in [5.41, 5.74) is 48.6. The zero-order valence-electron chi connectivity index (χ0n) is 33.3. The second-order valence-corrected chi connectivity index (χ2v) is 13.1. The first-order chi connectivity index (χ1) is 27.1. The average molecular weight is 826 g/mol. The summed E-state index contributed by atoms with van der Waals surface area (Å²) < 4.78 is 0. The maximum atomic E-state index is 13.9. The first kappa shape index (κ1) is 51.4. The molecule has 26 nitrogen and oxygen atoms in total. The number of nitrogens with two attached hydrogens (primary N) is 9. The molecule has 0 fully saturated rings. The van der Waals surface area contributed by atoms with Crippen molar-refractivity contribution >= 4 is 65.2 Å². The molecule has 0 heterocycles. The second-order valence-electron chi connectivity index (χ2n) is 13.1. The third-order valence-corrected chi connectivity index (χ3v) is 7.91. The lowest BCUT2D eigenvalue weighted by atomic mass is 10.0. The zero-order chi connectivity index (χ0) is 44.4. The van der Waals surface area contributed by atoms with Gasteiger partial charge in [0.25, 0.3) is 0 Å². The van der Waals surface area contributed by atoms with E-state index in [0.29, 0.717) is 6.42 Å². The predicted octanol–water partition coefficient (Wildman–Crippen LogP) is -7.35. The quantitative estimate of drug-likeness (QED) is 0.0198. The van der Waals surface area contributed by atoms with E-state index < -0.39 is 77.6 Å². The van der Waals surface area contributed by atoms with Gasteiger partial charge in [-0.15, -0.1) is 0 Å². The van der Waals surface area contributed by atoms with Gasteiger partial charge in [0, 0.05) is 33.1 Å². The van der Waals surface area contributed by atoms with Gasteiger partial charge in [-0.05, 0) is 65.2 Å². The molecule has 58 heavy (non-hydrogen) atoms. The Hall–Kier alpha value is -6.63. The standard InChI is InChI=1S/C32H63N19O7/c1-16(46-18(3)52)24(54)49-21(10-6-14-44-31(38)39)27(57)51-22(11-7-15-45-32(40)41)28(58)50-20(9-5-13-43-30(36)37)26(56)47-17(2)25(55)48-19(23(33)53)8-4-12-42-29(34)35/h16-17,19-22H,4-15H2,1-3H3,(H2,33,53)(H,46,52)(H,47,56)(H,48,55)(H,49,54)(H,50,58)(H,51,57)(H4,34,35,42)(H4,36,37,43)(H4,38,39,44)(H4,40,41,45)/t16-,17-,19-,20-,21-,22-/m1/s1. The minimum absolute atomic E-state index is 0.0200. The molecule has 0 bridgehead atoms. The highest BCUT2D eigenvalue weighted by Gasteiger charge is 2.31. The Morgan fingerprint density at radius 1 is 0.397 bits per heavy atom. The summed E-state index contributed by atoms with van der Waals surface area (Å²) in [5, 5.41) is 15.2. The Kier molecular flexibility index (Phi) is 24.7. The molecular weight excluding hydrogens is 762 g/mol. The number of carbonyl (C=O) groups excluding carboxylic acids is 7. The Morgan fingerprint density at radius 2 is 0.655 bits per heavy atom. The molecule has 0 saturated carbocycles. The molecule has 0 aliphatic heterocycles. The van der Waals surface area contributed by atoms with Crippen LogP contribution in [0.25, 0.3) is 0 Å². The highest BCUT2D eigenvalue weighted by molar-refractivity contribution is 5.96. The molecule has 24 N–H and O–H groups in total. The van der Waals surface area contributed by atoms with E-state index >= 15 is 0 Å². The number of nitrogens with zero attached hydrogens (tertiary/aromatic N) is 4. The number of rotatable bonds is 28. The van der Waals surface area contributed by atoms with Crippen LogP contribution in [0.3, 0.4) is 0 Å². The monoisotopic (exact) mass is 826 g/mol. The molecular formula is C32H63N19O7. The van der Waals surface area contributed by atoms with E-state index in [2.05, 4.69) is 51.9 Å². The van der Waals surface area contributed by atoms with E-state index in [4.69, 9.17) is 51.6 Å². The third kappa shape index (κ3) is 24.0.